The summed E-state index contributed by atoms with van der Waals surface area (Å²) in [7, 11) is -0.597. The van der Waals surface area contributed by atoms with Crippen LogP contribution in [0.3, 0.4) is 0 Å². The molecule has 0 rings (SSSR count). The monoisotopic (exact) mass is 261 g/mol. The van der Waals surface area contributed by atoms with Gasteiger partial charge in [-0.2, -0.15) is 9.57 Å². The number of rotatable bonds is 6. The lowest BCUT2D eigenvalue weighted by Gasteiger charge is -2.23. The van der Waals surface area contributed by atoms with Crippen molar-refractivity contribution in [2.24, 2.45) is 0 Å². The molecule has 0 aliphatic carbocycles. The zero-order chi connectivity index (χ0) is 13.6. The van der Waals surface area contributed by atoms with Gasteiger partial charge in [-0.25, -0.2) is 8.42 Å². The molecule has 98 valence electrons. The van der Waals surface area contributed by atoms with Crippen molar-refractivity contribution < 1.29 is 13.2 Å². The van der Waals surface area contributed by atoms with Crippen LogP contribution in [0.1, 0.15) is 20.3 Å². The van der Waals surface area contributed by atoms with Gasteiger partial charge < -0.3 is 4.90 Å². The molecular weight excluding hydrogens is 242 g/mol. The molecule has 0 aliphatic heterocycles. The molecule has 1 unspecified atom stereocenters. The number of hydrogen-bond acceptors (Lipinski definition) is 4. The Morgan fingerprint density at radius 2 is 1.88 bits per heavy atom. The molecule has 0 spiro atoms. The van der Waals surface area contributed by atoms with Gasteiger partial charge in [0.1, 0.15) is 0 Å². The Balaban J connectivity index is 5.01. The summed E-state index contributed by atoms with van der Waals surface area (Å²) >= 11 is 0. The molecule has 0 saturated heterocycles. The third-order valence-corrected chi connectivity index (χ3v) is 4.66. The number of sulfonamides is 1. The van der Waals surface area contributed by atoms with E-state index in [1.807, 2.05) is 0 Å². The average Bonchev–Trinajstić information content (AvgIpc) is 2.26. The fourth-order valence-corrected chi connectivity index (χ4v) is 2.79. The summed E-state index contributed by atoms with van der Waals surface area (Å²) < 4.78 is 25.1. The van der Waals surface area contributed by atoms with E-state index in [-0.39, 0.29) is 25.4 Å². The van der Waals surface area contributed by atoms with Gasteiger partial charge in [-0.15, -0.1) is 0 Å². The third-order valence-electron chi connectivity index (χ3n) is 2.40. The summed E-state index contributed by atoms with van der Waals surface area (Å²) in [6.45, 7) is 3.24. The van der Waals surface area contributed by atoms with Crippen molar-refractivity contribution >= 4 is 15.9 Å². The molecule has 0 radical (unpaired) electrons. The highest BCUT2D eigenvalue weighted by molar-refractivity contribution is 7.90. The molecule has 0 aromatic rings. The first kappa shape index (κ1) is 15.9. The molecule has 0 aliphatic rings. The number of carbonyl (C=O) groups is 1. The first-order valence-electron chi connectivity index (χ1n) is 5.39. The topological polar surface area (TPSA) is 81.5 Å². The van der Waals surface area contributed by atoms with Gasteiger partial charge in [-0.1, -0.05) is 13.8 Å². The Morgan fingerprint density at radius 1 is 1.35 bits per heavy atom. The highest BCUT2D eigenvalue weighted by Gasteiger charge is 2.31. The SMILES string of the molecule is CCC(C#N)S(=O)(=O)N(CC)CC(=O)N(C)C. The van der Waals surface area contributed by atoms with Gasteiger partial charge in [0.15, 0.2) is 5.25 Å². The van der Waals surface area contributed by atoms with Gasteiger partial charge in [-0.05, 0) is 6.42 Å². The first-order valence-corrected chi connectivity index (χ1v) is 6.90. The minimum Gasteiger partial charge on any atom is -0.348 e. The number of likely N-dealkylation sites (N-methyl/N-ethyl adjacent to an activating group) is 2. The van der Waals surface area contributed by atoms with Crippen molar-refractivity contribution in [2.45, 2.75) is 25.5 Å². The van der Waals surface area contributed by atoms with E-state index in [1.165, 1.54) is 4.90 Å². The van der Waals surface area contributed by atoms with E-state index in [0.29, 0.717) is 0 Å². The van der Waals surface area contributed by atoms with E-state index in [1.54, 1.807) is 34.0 Å². The highest BCUT2D eigenvalue weighted by Crippen LogP contribution is 2.11. The van der Waals surface area contributed by atoms with Crippen LogP contribution in [0, 0.1) is 11.3 Å². The van der Waals surface area contributed by atoms with Crippen LogP contribution in [0.25, 0.3) is 0 Å². The van der Waals surface area contributed by atoms with Gasteiger partial charge in [-0.3, -0.25) is 4.79 Å². The average molecular weight is 261 g/mol. The lowest BCUT2D eigenvalue weighted by atomic mass is 10.4. The molecule has 1 amide bonds. The summed E-state index contributed by atoms with van der Waals surface area (Å²) in [4.78, 5) is 12.8. The molecule has 0 aromatic carbocycles. The van der Waals surface area contributed by atoms with E-state index in [2.05, 4.69) is 0 Å². The number of hydrogen-bond donors (Lipinski definition) is 0. The second-order valence-corrected chi connectivity index (χ2v) is 5.90. The number of amides is 1. The summed E-state index contributed by atoms with van der Waals surface area (Å²) in [5, 5.41) is 7.71. The van der Waals surface area contributed by atoms with Crippen LogP contribution in [0.4, 0.5) is 0 Å². The van der Waals surface area contributed by atoms with E-state index >= 15 is 0 Å². The predicted octanol–water partition coefficient (Wildman–Crippen LogP) is 0.0285. The largest absolute Gasteiger partial charge is 0.348 e. The minimum absolute atomic E-state index is 0.181. The van der Waals surface area contributed by atoms with Gasteiger partial charge in [0.2, 0.25) is 15.9 Å². The van der Waals surface area contributed by atoms with E-state index in [9.17, 15) is 13.2 Å². The van der Waals surface area contributed by atoms with Crippen molar-refractivity contribution in [3.8, 4) is 6.07 Å². The molecule has 0 N–H and O–H groups in total. The summed E-state index contributed by atoms with van der Waals surface area (Å²) in [5.74, 6) is -0.303. The summed E-state index contributed by atoms with van der Waals surface area (Å²) in [6.07, 6.45) is 0.214. The van der Waals surface area contributed by atoms with Crippen LogP contribution >= 0.6 is 0 Å². The third kappa shape index (κ3) is 3.98. The van der Waals surface area contributed by atoms with Crippen molar-refractivity contribution in [3.05, 3.63) is 0 Å². The van der Waals surface area contributed by atoms with Crippen molar-refractivity contribution in [3.63, 3.8) is 0 Å². The Morgan fingerprint density at radius 3 is 2.18 bits per heavy atom. The lowest BCUT2D eigenvalue weighted by Crippen LogP contribution is -2.43. The zero-order valence-corrected chi connectivity index (χ0v) is 11.5. The smallest absolute Gasteiger partial charge is 0.237 e. The van der Waals surface area contributed by atoms with Crippen LogP contribution in [0.5, 0.6) is 0 Å². The number of nitriles is 1. The van der Waals surface area contributed by atoms with Crippen molar-refractivity contribution in [2.75, 3.05) is 27.2 Å². The molecule has 17 heavy (non-hydrogen) atoms. The molecule has 7 heteroatoms. The lowest BCUT2D eigenvalue weighted by molar-refractivity contribution is -0.128. The van der Waals surface area contributed by atoms with Crippen molar-refractivity contribution in [1.82, 2.24) is 9.21 Å². The maximum absolute atomic E-state index is 12.0. The fraction of sp³-hybridized carbons (Fsp3) is 0.800. The molecule has 0 aromatic heterocycles. The molecular formula is C10H19N3O3S. The van der Waals surface area contributed by atoms with Crippen molar-refractivity contribution in [1.29, 1.82) is 5.26 Å². The summed E-state index contributed by atoms with van der Waals surface area (Å²) in [6, 6.07) is 1.75. The Labute approximate surface area is 103 Å². The quantitative estimate of drug-likeness (QED) is 0.675. The molecule has 0 fully saturated rings. The maximum atomic E-state index is 12.0. The van der Waals surface area contributed by atoms with Crippen LogP contribution in [0.15, 0.2) is 0 Å². The number of nitrogens with zero attached hydrogens (tertiary/aromatic N) is 3. The standard InChI is InChI=1S/C10H19N3O3S/c1-5-9(7-11)17(15,16)13(6-2)8-10(14)12(3)4/h9H,5-6,8H2,1-4H3. The van der Waals surface area contributed by atoms with E-state index < -0.39 is 15.3 Å². The van der Waals surface area contributed by atoms with Gasteiger partial charge in [0.05, 0.1) is 12.6 Å². The van der Waals surface area contributed by atoms with Gasteiger partial charge in [0.25, 0.3) is 0 Å². The molecule has 6 nitrogen and oxygen atoms in total. The maximum Gasteiger partial charge on any atom is 0.237 e. The molecule has 0 saturated carbocycles. The van der Waals surface area contributed by atoms with E-state index in [0.717, 1.165) is 4.31 Å². The van der Waals surface area contributed by atoms with E-state index in [4.69, 9.17) is 5.26 Å². The minimum atomic E-state index is -3.72. The molecule has 0 bridgehead atoms. The molecule has 1 atom stereocenters. The predicted molar refractivity (Wildman–Crippen MR) is 64.6 cm³/mol. The second kappa shape index (κ2) is 6.57. The second-order valence-electron chi connectivity index (χ2n) is 3.79. The van der Waals surface area contributed by atoms with Crippen LogP contribution < -0.4 is 0 Å². The first-order chi connectivity index (χ1) is 7.81. The highest BCUT2D eigenvalue weighted by atomic mass is 32.2. The Bertz CT molecular complexity index is 398. The number of carbonyl (C=O) groups excluding carboxylic acids is 1. The van der Waals surface area contributed by atoms with Gasteiger partial charge >= 0.3 is 0 Å². The Hall–Kier alpha value is -1.13. The summed E-state index contributed by atoms with van der Waals surface area (Å²) in [5.41, 5.74) is 0. The fourth-order valence-electron chi connectivity index (χ4n) is 1.22. The zero-order valence-electron chi connectivity index (χ0n) is 10.7. The molecule has 0 heterocycles. The van der Waals surface area contributed by atoms with Crippen LogP contribution in [-0.4, -0.2) is 56.0 Å². The Kier molecular flexibility index (Phi) is 6.13. The van der Waals surface area contributed by atoms with Crippen LogP contribution in [-0.2, 0) is 14.8 Å². The van der Waals surface area contributed by atoms with Gasteiger partial charge in [0, 0.05) is 20.6 Å². The van der Waals surface area contributed by atoms with Crippen LogP contribution in [0.2, 0.25) is 0 Å². The normalized spacial score (nSPS) is 13.2.